The summed E-state index contributed by atoms with van der Waals surface area (Å²) in [7, 11) is -9.14. The Morgan fingerprint density at radius 3 is 1.12 bits per heavy atom. The van der Waals surface area contributed by atoms with Gasteiger partial charge in [-0.1, -0.05) is 62.4 Å². The molecule has 0 aliphatic heterocycles. The molecule has 2 aromatic carbocycles. The molecule has 0 saturated carbocycles. The standard InChI is InChI=1S/2C8H11O3P.2Zn/c2*1-2-7-5-3-4-6-8(7)12(9,10)11;;/h2*3-6H,2H2,1H3,(H2,9,10,11);;/q;;2*+2/p-4. The van der Waals surface area contributed by atoms with Crippen LogP contribution >= 0.6 is 15.2 Å². The van der Waals surface area contributed by atoms with Crippen molar-refractivity contribution in [2.45, 2.75) is 26.7 Å². The van der Waals surface area contributed by atoms with Crippen molar-refractivity contribution in [1.82, 2.24) is 0 Å². The SMILES string of the molecule is CCc1ccccc1P(=O)([O-])[O-].CCc1ccccc1P(=O)([O-])[O-].[Zn+2].[Zn+2]. The van der Waals surface area contributed by atoms with Gasteiger partial charge < -0.3 is 28.7 Å². The van der Waals surface area contributed by atoms with Crippen molar-refractivity contribution in [2.24, 2.45) is 0 Å². The third-order valence-electron chi connectivity index (χ3n) is 3.34. The number of hydrogen-bond donors (Lipinski definition) is 0. The summed E-state index contributed by atoms with van der Waals surface area (Å²) in [5.41, 5.74) is 1.18. The molecule has 132 valence electrons. The van der Waals surface area contributed by atoms with Gasteiger partial charge in [0.05, 0.1) is 0 Å². The van der Waals surface area contributed by atoms with Crippen LogP contribution in [0.2, 0.25) is 0 Å². The molecule has 0 aliphatic rings. The van der Waals surface area contributed by atoms with Crippen molar-refractivity contribution in [3.05, 3.63) is 59.7 Å². The van der Waals surface area contributed by atoms with E-state index >= 15 is 0 Å². The molecule has 0 N–H and O–H groups in total. The van der Waals surface area contributed by atoms with Gasteiger partial charge in [-0.3, -0.25) is 0 Å². The van der Waals surface area contributed by atoms with Crippen LogP contribution in [0, 0.1) is 0 Å². The second-order valence-corrected chi connectivity index (χ2v) is 7.91. The molecular formula is C16H18O6P2Zn2. The van der Waals surface area contributed by atoms with Crippen LogP contribution in [0.15, 0.2) is 48.5 Å². The summed E-state index contributed by atoms with van der Waals surface area (Å²) < 4.78 is 21.4. The smallest absolute Gasteiger partial charge is 0.807 e. The molecule has 0 aliphatic carbocycles. The van der Waals surface area contributed by atoms with Crippen LogP contribution in [-0.2, 0) is 60.9 Å². The van der Waals surface area contributed by atoms with E-state index in [1.165, 1.54) is 12.1 Å². The van der Waals surface area contributed by atoms with Crippen molar-refractivity contribution >= 4 is 25.8 Å². The third-order valence-corrected chi connectivity index (χ3v) is 5.39. The topological polar surface area (TPSA) is 126 Å². The Labute approximate surface area is 179 Å². The van der Waals surface area contributed by atoms with Crippen molar-refractivity contribution in [1.29, 1.82) is 0 Å². The summed E-state index contributed by atoms with van der Waals surface area (Å²) >= 11 is 0. The van der Waals surface area contributed by atoms with Gasteiger partial charge in [-0.25, -0.2) is 0 Å². The molecule has 0 saturated heterocycles. The Bertz CT molecular complexity index is 707. The second kappa shape index (κ2) is 12.4. The first-order chi connectivity index (χ1) is 11.1. The van der Waals surface area contributed by atoms with Crippen LogP contribution < -0.4 is 30.2 Å². The molecule has 0 fully saturated rings. The van der Waals surface area contributed by atoms with Gasteiger partial charge in [-0.05, 0) is 49.8 Å². The largest absolute Gasteiger partial charge is 2.00 e. The Balaban J connectivity index is 0. The summed E-state index contributed by atoms with van der Waals surface area (Å²) in [6.45, 7) is 3.63. The maximum atomic E-state index is 10.7. The molecule has 0 aromatic heterocycles. The van der Waals surface area contributed by atoms with E-state index in [0.29, 0.717) is 24.0 Å². The van der Waals surface area contributed by atoms with Gasteiger partial charge in [0, 0.05) is 0 Å². The second-order valence-electron chi connectivity index (χ2n) is 4.96. The van der Waals surface area contributed by atoms with E-state index in [0.717, 1.165) is 0 Å². The molecule has 2 rings (SSSR count). The van der Waals surface area contributed by atoms with Crippen LogP contribution in [0.25, 0.3) is 0 Å². The van der Waals surface area contributed by atoms with Crippen LogP contribution in [0.5, 0.6) is 0 Å². The fourth-order valence-corrected chi connectivity index (χ4v) is 3.86. The maximum Gasteiger partial charge on any atom is 2.00 e. The first-order valence-electron chi connectivity index (χ1n) is 7.32. The zero-order chi connectivity index (χ0) is 18.4. The van der Waals surface area contributed by atoms with Crippen LogP contribution in [0.1, 0.15) is 25.0 Å². The summed E-state index contributed by atoms with van der Waals surface area (Å²) in [6, 6.07) is 12.5. The van der Waals surface area contributed by atoms with Crippen molar-refractivity contribution in [3.63, 3.8) is 0 Å². The Kier molecular flexibility index (Phi) is 13.5. The van der Waals surface area contributed by atoms with Gasteiger partial charge in [0.1, 0.15) is 0 Å². The summed E-state index contributed by atoms with van der Waals surface area (Å²) in [5.74, 6) is 0. The zero-order valence-corrected chi connectivity index (χ0v) is 22.5. The van der Waals surface area contributed by atoms with Crippen LogP contribution in [0.3, 0.4) is 0 Å². The molecule has 0 amide bonds. The maximum absolute atomic E-state index is 10.7. The molecule has 0 heterocycles. The Morgan fingerprint density at radius 2 is 0.923 bits per heavy atom. The van der Waals surface area contributed by atoms with E-state index in [4.69, 9.17) is 0 Å². The van der Waals surface area contributed by atoms with Crippen LogP contribution in [-0.4, -0.2) is 0 Å². The molecule has 0 bridgehead atoms. The van der Waals surface area contributed by atoms with Gasteiger partial charge in [0.2, 0.25) is 0 Å². The first-order valence-corrected chi connectivity index (χ1v) is 10.4. The van der Waals surface area contributed by atoms with Crippen molar-refractivity contribution in [3.8, 4) is 0 Å². The average molecular weight is 499 g/mol. The predicted molar refractivity (Wildman–Crippen MR) is 86.1 cm³/mol. The van der Waals surface area contributed by atoms with E-state index in [9.17, 15) is 28.7 Å². The first kappa shape index (κ1) is 28.2. The fourth-order valence-electron chi connectivity index (χ4n) is 2.15. The molecule has 26 heavy (non-hydrogen) atoms. The third kappa shape index (κ3) is 8.78. The molecule has 0 spiro atoms. The Morgan fingerprint density at radius 1 is 0.654 bits per heavy atom. The summed E-state index contributed by atoms with van der Waals surface area (Å²) in [6.07, 6.45) is 1.12. The quantitative estimate of drug-likeness (QED) is 0.416. The number of benzene rings is 2. The zero-order valence-electron chi connectivity index (χ0n) is 14.8. The minimum Gasteiger partial charge on any atom is -0.807 e. The van der Waals surface area contributed by atoms with Crippen molar-refractivity contribution in [2.75, 3.05) is 0 Å². The van der Waals surface area contributed by atoms with E-state index in [1.807, 2.05) is 13.8 Å². The Hall–Kier alpha value is -0.0132. The molecule has 6 nitrogen and oxygen atoms in total. The van der Waals surface area contributed by atoms with Gasteiger partial charge >= 0.3 is 39.0 Å². The fraction of sp³-hybridized carbons (Fsp3) is 0.250. The molecular weight excluding hydrogens is 481 g/mol. The number of hydrogen-bond acceptors (Lipinski definition) is 6. The van der Waals surface area contributed by atoms with Gasteiger partial charge in [0.25, 0.3) is 0 Å². The molecule has 2 aromatic rings. The molecule has 10 heteroatoms. The van der Waals surface area contributed by atoms with Gasteiger partial charge in [-0.2, -0.15) is 0 Å². The molecule has 0 unspecified atom stereocenters. The minimum absolute atomic E-state index is 0. The van der Waals surface area contributed by atoms with Crippen molar-refractivity contribution < 1.29 is 67.7 Å². The van der Waals surface area contributed by atoms with Gasteiger partial charge in [0.15, 0.2) is 0 Å². The van der Waals surface area contributed by atoms with Crippen LogP contribution in [0.4, 0.5) is 0 Å². The molecule has 0 radical (unpaired) electrons. The summed E-state index contributed by atoms with van der Waals surface area (Å²) in [5, 5.41) is -0.153. The number of rotatable bonds is 4. The normalized spacial score (nSPS) is 10.7. The monoisotopic (exact) mass is 496 g/mol. The van der Waals surface area contributed by atoms with Gasteiger partial charge in [-0.15, -0.1) is 0 Å². The van der Waals surface area contributed by atoms with E-state index < -0.39 is 15.2 Å². The average Bonchev–Trinajstić information content (AvgIpc) is 2.53. The minimum atomic E-state index is -4.57. The van der Waals surface area contributed by atoms with E-state index in [-0.39, 0.29) is 49.6 Å². The molecule has 0 atom stereocenters. The number of aryl methyl sites for hydroxylation is 2. The summed E-state index contributed by atoms with van der Waals surface area (Å²) in [4.78, 5) is 42.7. The predicted octanol–water partition coefficient (Wildman–Crippen LogP) is -0.429. The van der Waals surface area contributed by atoms with E-state index in [1.54, 1.807) is 36.4 Å². The van der Waals surface area contributed by atoms with E-state index in [2.05, 4.69) is 0 Å².